The summed E-state index contributed by atoms with van der Waals surface area (Å²) < 4.78 is 0. The number of rotatable bonds is 4. The molecule has 0 bridgehead atoms. The lowest BCUT2D eigenvalue weighted by molar-refractivity contribution is 0.102. The van der Waals surface area contributed by atoms with Gasteiger partial charge in [0.05, 0.1) is 10.7 Å². The molecule has 5 nitrogen and oxygen atoms in total. The highest BCUT2D eigenvalue weighted by molar-refractivity contribution is 6.36. The summed E-state index contributed by atoms with van der Waals surface area (Å²) in [5.41, 5.74) is 3.60. The number of benzene rings is 2. The number of halogens is 2. The van der Waals surface area contributed by atoms with Gasteiger partial charge in [-0.3, -0.25) is 4.79 Å². The Bertz CT molecular complexity index is 955. The van der Waals surface area contributed by atoms with Crippen LogP contribution < -0.4 is 10.6 Å². The molecule has 0 saturated heterocycles. The van der Waals surface area contributed by atoms with Gasteiger partial charge in [0.2, 0.25) is 5.95 Å². The van der Waals surface area contributed by atoms with E-state index in [4.69, 9.17) is 23.2 Å². The standard InChI is InChI=1S/C19H16Cl2N4O/c1-11-4-3-5-12(2)17(11)25-18(26)16-8-9-22-19(24-16)23-15-7-6-13(20)10-14(15)21/h3-10H,1-2H3,(H,25,26)(H,22,23,24). The Morgan fingerprint density at radius 1 is 1.04 bits per heavy atom. The van der Waals surface area contributed by atoms with Gasteiger partial charge < -0.3 is 10.6 Å². The van der Waals surface area contributed by atoms with Crippen LogP contribution >= 0.6 is 23.2 Å². The molecular weight excluding hydrogens is 371 g/mol. The van der Waals surface area contributed by atoms with Crippen LogP contribution in [0.25, 0.3) is 0 Å². The highest BCUT2D eigenvalue weighted by Crippen LogP contribution is 2.27. The molecule has 1 aromatic heterocycles. The Labute approximate surface area is 161 Å². The van der Waals surface area contributed by atoms with Crippen LogP contribution in [0.3, 0.4) is 0 Å². The minimum absolute atomic E-state index is 0.246. The molecule has 7 heteroatoms. The quantitative estimate of drug-likeness (QED) is 0.629. The number of para-hydroxylation sites is 1. The van der Waals surface area contributed by atoms with E-state index < -0.39 is 0 Å². The average molecular weight is 387 g/mol. The molecule has 26 heavy (non-hydrogen) atoms. The molecule has 2 aromatic carbocycles. The maximum Gasteiger partial charge on any atom is 0.274 e. The van der Waals surface area contributed by atoms with Crippen LogP contribution in [0, 0.1) is 13.8 Å². The molecule has 1 heterocycles. The molecule has 0 aliphatic heterocycles. The second-order valence-electron chi connectivity index (χ2n) is 5.74. The molecule has 0 saturated carbocycles. The van der Waals surface area contributed by atoms with Crippen LogP contribution in [-0.4, -0.2) is 15.9 Å². The zero-order valence-corrected chi connectivity index (χ0v) is 15.7. The van der Waals surface area contributed by atoms with Crippen molar-refractivity contribution in [3.63, 3.8) is 0 Å². The van der Waals surface area contributed by atoms with E-state index in [0.717, 1.165) is 16.8 Å². The van der Waals surface area contributed by atoms with Crippen molar-refractivity contribution in [1.29, 1.82) is 0 Å². The second-order valence-corrected chi connectivity index (χ2v) is 6.58. The molecule has 0 aliphatic carbocycles. The Hall–Kier alpha value is -2.63. The SMILES string of the molecule is Cc1cccc(C)c1NC(=O)c1ccnc(Nc2ccc(Cl)cc2Cl)n1. The third-order valence-electron chi connectivity index (χ3n) is 3.79. The number of hydrogen-bond acceptors (Lipinski definition) is 4. The molecule has 2 N–H and O–H groups in total. The summed E-state index contributed by atoms with van der Waals surface area (Å²) in [7, 11) is 0. The number of aryl methyl sites for hydroxylation is 2. The lowest BCUT2D eigenvalue weighted by Gasteiger charge is -2.12. The second kappa shape index (κ2) is 7.72. The monoisotopic (exact) mass is 386 g/mol. The van der Waals surface area contributed by atoms with Gasteiger partial charge in [0.1, 0.15) is 5.69 Å². The number of nitrogens with one attached hydrogen (secondary N) is 2. The predicted molar refractivity (Wildman–Crippen MR) is 106 cm³/mol. The number of carbonyl (C=O) groups excluding carboxylic acids is 1. The highest BCUT2D eigenvalue weighted by atomic mass is 35.5. The zero-order chi connectivity index (χ0) is 18.7. The normalized spacial score (nSPS) is 10.5. The minimum Gasteiger partial charge on any atom is -0.323 e. The first-order valence-electron chi connectivity index (χ1n) is 7.87. The summed E-state index contributed by atoms with van der Waals surface area (Å²) in [6.45, 7) is 3.89. The first kappa shape index (κ1) is 18.2. The maximum atomic E-state index is 12.6. The molecule has 1 amide bonds. The van der Waals surface area contributed by atoms with E-state index in [1.807, 2.05) is 32.0 Å². The van der Waals surface area contributed by atoms with Gasteiger partial charge in [-0.1, -0.05) is 41.4 Å². The first-order valence-corrected chi connectivity index (χ1v) is 8.62. The molecule has 0 aliphatic rings. The van der Waals surface area contributed by atoms with Gasteiger partial charge in [-0.2, -0.15) is 0 Å². The van der Waals surface area contributed by atoms with E-state index in [0.29, 0.717) is 15.7 Å². The van der Waals surface area contributed by atoms with Crippen molar-refractivity contribution in [2.45, 2.75) is 13.8 Å². The van der Waals surface area contributed by atoms with Gasteiger partial charge >= 0.3 is 0 Å². The fraction of sp³-hybridized carbons (Fsp3) is 0.105. The van der Waals surface area contributed by atoms with Crippen molar-refractivity contribution < 1.29 is 4.79 Å². The lowest BCUT2D eigenvalue weighted by atomic mass is 10.1. The number of carbonyl (C=O) groups is 1. The zero-order valence-electron chi connectivity index (χ0n) is 14.2. The van der Waals surface area contributed by atoms with E-state index >= 15 is 0 Å². The molecule has 0 radical (unpaired) electrons. The number of nitrogens with zero attached hydrogens (tertiary/aromatic N) is 2. The summed E-state index contributed by atoms with van der Waals surface area (Å²) in [6.07, 6.45) is 1.51. The molecule has 3 rings (SSSR count). The Morgan fingerprint density at radius 2 is 1.77 bits per heavy atom. The van der Waals surface area contributed by atoms with Crippen molar-refractivity contribution in [2.75, 3.05) is 10.6 Å². The molecule has 0 atom stereocenters. The van der Waals surface area contributed by atoms with Gasteiger partial charge in [-0.15, -0.1) is 0 Å². The van der Waals surface area contributed by atoms with Crippen molar-refractivity contribution in [3.8, 4) is 0 Å². The number of aromatic nitrogens is 2. The molecule has 0 unspecified atom stereocenters. The number of hydrogen-bond donors (Lipinski definition) is 2. The molecule has 3 aromatic rings. The molecule has 0 fully saturated rings. The number of amides is 1. The first-order chi connectivity index (χ1) is 12.4. The van der Waals surface area contributed by atoms with Crippen molar-refractivity contribution in [3.05, 3.63) is 75.5 Å². The van der Waals surface area contributed by atoms with E-state index in [2.05, 4.69) is 20.6 Å². The molecular formula is C19H16Cl2N4O. The molecule has 132 valence electrons. The van der Waals surface area contributed by atoms with Crippen molar-refractivity contribution in [2.24, 2.45) is 0 Å². The summed E-state index contributed by atoms with van der Waals surface area (Å²) in [6, 6.07) is 12.4. The maximum absolute atomic E-state index is 12.6. The van der Waals surface area contributed by atoms with Crippen LogP contribution in [-0.2, 0) is 0 Å². The van der Waals surface area contributed by atoms with E-state index in [1.165, 1.54) is 6.20 Å². The van der Waals surface area contributed by atoms with Gasteiger partial charge in [-0.05, 0) is 49.2 Å². The van der Waals surface area contributed by atoms with Crippen LogP contribution in [0.5, 0.6) is 0 Å². The van der Waals surface area contributed by atoms with E-state index in [-0.39, 0.29) is 17.5 Å². The van der Waals surface area contributed by atoms with Gasteiger partial charge in [-0.25, -0.2) is 9.97 Å². The Balaban J connectivity index is 1.81. The fourth-order valence-corrected chi connectivity index (χ4v) is 2.90. The smallest absolute Gasteiger partial charge is 0.274 e. The highest BCUT2D eigenvalue weighted by Gasteiger charge is 2.12. The predicted octanol–water partition coefficient (Wildman–Crippen LogP) is 5.40. The summed E-state index contributed by atoms with van der Waals surface area (Å²) in [5.74, 6) is -0.0431. The third-order valence-corrected chi connectivity index (χ3v) is 4.33. The van der Waals surface area contributed by atoms with Crippen molar-refractivity contribution >= 4 is 46.4 Å². The fourth-order valence-electron chi connectivity index (χ4n) is 2.45. The topological polar surface area (TPSA) is 66.9 Å². The molecule has 0 spiro atoms. The van der Waals surface area contributed by atoms with E-state index in [9.17, 15) is 4.79 Å². The largest absolute Gasteiger partial charge is 0.323 e. The average Bonchev–Trinajstić information content (AvgIpc) is 2.61. The van der Waals surface area contributed by atoms with E-state index in [1.54, 1.807) is 24.3 Å². The summed E-state index contributed by atoms with van der Waals surface area (Å²) >= 11 is 12.0. The van der Waals surface area contributed by atoms with Gasteiger partial charge in [0.15, 0.2) is 0 Å². The van der Waals surface area contributed by atoms with Gasteiger partial charge in [0.25, 0.3) is 5.91 Å². The third kappa shape index (κ3) is 4.12. The van der Waals surface area contributed by atoms with Crippen molar-refractivity contribution in [1.82, 2.24) is 9.97 Å². The lowest BCUT2D eigenvalue weighted by Crippen LogP contribution is -2.16. The van der Waals surface area contributed by atoms with Gasteiger partial charge in [0, 0.05) is 16.9 Å². The summed E-state index contributed by atoms with van der Waals surface area (Å²) in [5, 5.41) is 6.86. The Morgan fingerprint density at radius 3 is 2.46 bits per heavy atom. The number of anilines is 3. The summed E-state index contributed by atoms with van der Waals surface area (Å²) in [4.78, 5) is 21.0. The van der Waals surface area contributed by atoms with Crippen LogP contribution in [0.1, 0.15) is 21.6 Å². The minimum atomic E-state index is -0.310. The van der Waals surface area contributed by atoms with Crippen LogP contribution in [0.4, 0.5) is 17.3 Å². The van der Waals surface area contributed by atoms with Crippen LogP contribution in [0.15, 0.2) is 48.7 Å². The Kier molecular flexibility index (Phi) is 5.40. The van der Waals surface area contributed by atoms with Crippen LogP contribution in [0.2, 0.25) is 10.0 Å².